The van der Waals surface area contributed by atoms with Crippen molar-refractivity contribution in [2.75, 3.05) is 37.7 Å². The third-order valence-electron chi connectivity index (χ3n) is 4.76. The van der Waals surface area contributed by atoms with E-state index in [0.717, 1.165) is 57.3 Å². The predicted molar refractivity (Wildman–Crippen MR) is 89.2 cm³/mol. The molecule has 2 saturated heterocycles. The van der Waals surface area contributed by atoms with Crippen molar-refractivity contribution in [3.05, 3.63) is 53.6 Å². The highest BCUT2D eigenvalue weighted by Crippen LogP contribution is 2.34. The summed E-state index contributed by atoms with van der Waals surface area (Å²) < 4.78 is 18.4. The van der Waals surface area contributed by atoms with E-state index in [4.69, 9.17) is 4.74 Å². The molecule has 1 aromatic heterocycles. The summed E-state index contributed by atoms with van der Waals surface area (Å²) in [5.41, 5.74) is 2.28. The molecule has 0 saturated carbocycles. The van der Waals surface area contributed by atoms with Gasteiger partial charge < -0.3 is 9.64 Å². The molecule has 1 aromatic carbocycles. The van der Waals surface area contributed by atoms with Crippen molar-refractivity contribution in [3.63, 3.8) is 0 Å². The number of ether oxygens (including phenoxy) is 1. The lowest BCUT2D eigenvalue weighted by molar-refractivity contribution is 0.0816. The van der Waals surface area contributed by atoms with Gasteiger partial charge in [-0.05, 0) is 24.1 Å². The van der Waals surface area contributed by atoms with E-state index < -0.39 is 0 Å². The fraction of sp³-hybridized carbons (Fsp3) is 0.444. The second-order valence-corrected chi connectivity index (χ2v) is 6.32. The molecule has 5 nitrogen and oxygen atoms in total. The third-order valence-corrected chi connectivity index (χ3v) is 4.76. The first-order chi connectivity index (χ1) is 11.8. The van der Waals surface area contributed by atoms with Crippen LogP contribution in [0.25, 0.3) is 0 Å². The molecule has 0 N–H and O–H groups in total. The van der Waals surface area contributed by atoms with Crippen molar-refractivity contribution in [2.45, 2.75) is 19.0 Å². The number of benzene rings is 1. The van der Waals surface area contributed by atoms with Gasteiger partial charge >= 0.3 is 0 Å². The molecular weight excluding hydrogens is 307 g/mol. The molecule has 0 radical (unpaired) electrons. The van der Waals surface area contributed by atoms with Crippen molar-refractivity contribution >= 4 is 5.95 Å². The lowest BCUT2D eigenvalue weighted by atomic mass is 9.94. The number of rotatable bonds is 4. The minimum Gasteiger partial charge on any atom is -0.378 e. The van der Waals surface area contributed by atoms with E-state index >= 15 is 0 Å². The van der Waals surface area contributed by atoms with Crippen molar-refractivity contribution in [1.82, 2.24) is 14.9 Å². The van der Waals surface area contributed by atoms with Crippen molar-refractivity contribution in [3.8, 4) is 0 Å². The molecule has 6 heteroatoms. The molecule has 126 valence electrons. The van der Waals surface area contributed by atoms with E-state index in [1.807, 2.05) is 24.5 Å². The number of morpholine rings is 1. The predicted octanol–water partition coefficient (Wildman–Crippen LogP) is 2.40. The Morgan fingerprint density at radius 2 is 1.75 bits per heavy atom. The second-order valence-electron chi connectivity index (χ2n) is 6.32. The lowest BCUT2D eigenvalue weighted by Gasteiger charge is -2.41. The number of hydrogen-bond acceptors (Lipinski definition) is 5. The maximum absolute atomic E-state index is 13.1. The average Bonchev–Trinajstić information content (AvgIpc) is 2.62. The summed E-state index contributed by atoms with van der Waals surface area (Å²) in [7, 11) is 0. The van der Waals surface area contributed by atoms with Gasteiger partial charge in [0.05, 0.1) is 13.2 Å². The van der Waals surface area contributed by atoms with E-state index in [1.165, 1.54) is 17.7 Å². The number of nitrogens with zero attached hydrogens (tertiary/aromatic N) is 4. The molecule has 24 heavy (non-hydrogen) atoms. The zero-order valence-corrected chi connectivity index (χ0v) is 13.6. The van der Waals surface area contributed by atoms with Crippen LogP contribution < -0.4 is 4.90 Å². The van der Waals surface area contributed by atoms with Gasteiger partial charge in [-0.3, -0.25) is 4.90 Å². The molecular formula is C18H21FN4O. The van der Waals surface area contributed by atoms with Gasteiger partial charge in [0, 0.05) is 50.2 Å². The van der Waals surface area contributed by atoms with Crippen LogP contribution in [0.15, 0.2) is 36.7 Å². The largest absolute Gasteiger partial charge is 0.378 e. The van der Waals surface area contributed by atoms with Crippen molar-refractivity contribution in [1.29, 1.82) is 0 Å². The molecule has 0 bridgehead atoms. The third kappa shape index (κ3) is 3.25. The van der Waals surface area contributed by atoms with Crippen LogP contribution in [0.4, 0.5) is 10.3 Å². The molecule has 2 aliphatic rings. The maximum Gasteiger partial charge on any atom is 0.225 e. The topological polar surface area (TPSA) is 41.5 Å². The standard InChI is InChI=1S/C18H21FN4O/c19-16-3-1-15(2-4-16)17-5-6-23(17)13-14-11-20-18(21-12-14)22-7-9-24-10-8-22/h1-4,11-12,17H,5-10,13H2/t17-/m0/s1. The van der Waals surface area contributed by atoms with E-state index in [0.29, 0.717) is 6.04 Å². The molecule has 3 heterocycles. The van der Waals surface area contributed by atoms with Gasteiger partial charge in [-0.15, -0.1) is 0 Å². The maximum atomic E-state index is 13.1. The Balaban J connectivity index is 1.39. The van der Waals surface area contributed by atoms with Gasteiger partial charge in [0.15, 0.2) is 0 Å². The van der Waals surface area contributed by atoms with Crippen LogP contribution >= 0.6 is 0 Å². The number of aromatic nitrogens is 2. The summed E-state index contributed by atoms with van der Waals surface area (Å²) in [4.78, 5) is 13.5. The number of anilines is 1. The Labute approximate surface area is 141 Å². The molecule has 2 aliphatic heterocycles. The summed E-state index contributed by atoms with van der Waals surface area (Å²) in [6.07, 6.45) is 4.94. The van der Waals surface area contributed by atoms with Gasteiger partial charge in [-0.25, -0.2) is 14.4 Å². The fourth-order valence-electron chi connectivity index (χ4n) is 3.28. The van der Waals surface area contributed by atoms with Gasteiger partial charge in [-0.2, -0.15) is 0 Å². The lowest BCUT2D eigenvalue weighted by Crippen LogP contribution is -2.40. The Kier molecular flexibility index (Phi) is 4.40. The molecule has 1 atom stereocenters. The first kappa shape index (κ1) is 15.5. The minimum atomic E-state index is -0.184. The quantitative estimate of drug-likeness (QED) is 0.862. The van der Waals surface area contributed by atoms with Crippen LogP contribution in [-0.4, -0.2) is 47.7 Å². The smallest absolute Gasteiger partial charge is 0.225 e. The van der Waals surface area contributed by atoms with Crippen LogP contribution in [-0.2, 0) is 11.3 Å². The Hall–Kier alpha value is -2.05. The summed E-state index contributed by atoms with van der Waals surface area (Å²) in [6.45, 7) is 5.03. The molecule has 0 unspecified atom stereocenters. The highest BCUT2D eigenvalue weighted by Gasteiger charge is 2.29. The number of hydrogen-bond donors (Lipinski definition) is 0. The van der Waals surface area contributed by atoms with Crippen LogP contribution in [0.3, 0.4) is 0 Å². The second kappa shape index (κ2) is 6.83. The van der Waals surface area contributed by atoms with Crippen LogP contribution in [0.2, 0.25) is 0 Å². The fourth-order valence-corrected chi connectivity index (χ4v) is 3.28. The van der Waals surface area contributed by atoms with Gasteiger partial charge in [0.25, 0.3) is 0 Å². The monoisotopic (exact) mass is 328 g/mol. The SMILES string of the molecule is Fc1ccc([C@@H]2CCN2Cc2cnc(N3CCOCC3)nc2)cc1. The van der Waals surface area contributed by atoms with E-state index in [1.54, 1.807) is 0 Å². The molecule has 0 aliphatic carbocycles. The first-order valence-corrected chi connectivity index (χ1v) is 8.43. The summed E-state index contributed by atoms with van der Waals surface area (Å²) in [6, 6.07) is 7.19. The van der Waals surface area contributed by atoms with Gasteiger partial charge in [0.2, 0.25) is 5.95 Å². The molecule has 0 spiro atoms. The zero-order chi connectivity index (χ0) is 16.4. The molecule has 4 rings (SSSR count). The first-order valence-electron chi connectivity index (χ1n) is 8.43. The Bertz CT molecular complexity index is 670. The summed E-state index contributed by atoms with van der Waals surface area (Å²) in [5.74, 6) is 0.595. The Morgan fingerprint density at radius 1 is 1.04 bits per heavy atom. The van der Waals surface area contributed by atoms with Crippen LogP contribution in [0, 0.1) is 5.82 Å². The summed E-state index contributed by atoms with van der Waals surface area (Å²) in [5, 5.41) is 0. The van der Waals surface area contributed by atoms with Crippen molar-refractivity contribution < 1.29 is 9.13 Å². The van der Waals surface area contributed by atoms with Crippen LogP contribution in [0.1, 0.15) is 23.6 Å². The van der Waals surface area contributed by atoms with Gasteiger partial charge in [0.1, 0.15) is 5.82 Å². The molecule has 2 aromatic rings. The normalized spacial score (nSPS) is 21.5. The highest BCUT2D eigenvalue weighted by molar-refractivity contribution is 5.30. The molecule has 0 amide bonds. The van der Waals surface area contributed by atoms with Gasteiger partial charge in [-0.1, -0.05) is 12.1 Å². The average molecular weight is 328 g/mol. The van der Waals surface area contributed by atoms with E-state index in [-0.39, 0.29) is 5.82 Å². The Morgan fingerprint density at radius 3 is 2.38 bits per heavy atom. The van der Waals surface area contributed by atoms with Crippen molar-refractivity contribution in [2.24, 2.45) is 0 Å². The van der Waals surface area contributed by atoms with E-state index in [2.05, 4.69) is 19.8 Å². The summed E-state index contributed by atoms with van der Waals surface area (Å²) >= 11 is 0. The van der Waals surface area contributed by atoms with E-state index in [9.17, 15) is 4.39 Å². The number of likely N-dealkylation sites (tertiary alicyclic amines) is 1. The zero-order valence-electron chi connectivity index (χ0n) is 13.6. The van der Waals surface area contributed by atoms with Crippen LogP contribution in [0.5, 0.6) is 0 Å². The molecule has 2 fully saturated rings. The highest BCUT2D eigenvalue weighted by atomic mass is 19.1. The minimum absolute atomic E-state index is 0.184. The number of halogens is 1.